The van der Waals surface area contributed by atoms with E-state index in [9.17, 15) is 14.4 Å². The van der Waals surface area contributed by atoms with Crippen LogP contribution in [0.4, 0.5) is 11.4 Å². The number of rotatable bonds is 6. The number of amides is 3. The van der Waals surface area contributed by atoms with Crippen molar-refractivity contribution in [3.63, 3.8) is 0 Å². The van der Waals surface area contributed by atoms with Gasteiger partial charge in [-0.3, -0.25) is 14.4 Å². The van der Waals surface area contributed by atoms with Gasteiger partial charge in [-0.1, -0.05) is 11.6 Å². The molecule has 3 amide bonds. The Bertz CT molecular complexity index is 1080. The lowest BCUT2D eigenvalue weighted by Gasteiger charge is -2.21. The summed E-state index contributed by atoms with van der Waals surface area (Å²) in [5.41, 5.74) is 1.05. The molecule has 0 aromatic heterocycles. The molecule has 10 heteroatoms. The van der Waals surface area contributed by atoms with Crippen LogP contribution < -0.4 is 24.4 Å². The molecule has 2 aromatic carbocycles. The molecular weight excluding hydrogens is 438 g/mol. The minimum atomic E-state index is -0.550. The number of ether oxygens (including phenoxy) is 3. The van der Waals surface area contributed by atoms with Gasteiger partial charge in [0.15, 0.2) is 11.5 Å². The molecule has 2 aliphatic rings. The molecule has 0 bridgehead atoms. The molecule has 168 valence electrons. The van der Waals surface area contributed by atoms with Crippen LogP contribution in [0.25, 0.3) is 0 Å². The SMILES string of the molecule is COc1ccc(Cl)cc1NC(=O)CN(C)C(=O)C1CC(=O)N(c2ccc3c(c2)OCO3)C1. The fraction of sp³-hybridized carbons (Fsp3) is 0.318. The van der Waals surface area contributed by atoms with Gasteiger partial charge in [0.1, 0.15) is 5.75 Å². The average Bonchev–Trinajstić information content (AvgIpc) is 3.39. The first-order valence-corrected chi connectivity index (χ1v) is 10.3. The van der Waals surface area contributed by atoms with Gasteiger partial charge in [-0.15, -0.1) is 0 Å². The van der Waals surface area contributed by atoms with Crippen molar-refractivity contribution in [2.24, 2.45) is 5.92 Å². The lowest BCUT2D eigenvalue weighted by molar-refractivity contribution is -0.137. The molecule has 32 heavy (non-hydrogen) atoms. The predicted octanol–water partition coefficient (Wildman–Crippen LogP) is 2.53. The number of carbonyl (C=O) groups excluding carboxylic acids is 3. The van der Waals surface area contributed by atoms with Crippen molar-refractivity contribution in [3.05, 3.63) is 41.4 Å². The number of nitrogens with one attached hydrogen (secondary N) is 1. The molecular formula is C22H22ClN3O6. The third kappa shape index (κ3) is 4.43. The van der Waals surface area contributed by atoms with E-state index >= 15 is 0 Å². The second-order valence-corrected chi connectivity index (χ2v) is 7.97. The Labute approximate surface area is 189 Å². The molecule has 2 aromatic rings. The van der Waals surface area contributed by atoms with Crippen molar-refractivity contribution in [2.45, 2.75) is 6.42 Å². The van der Waals surface area contributed by atoms with Crippen molar-refractivity contribution >= 4 is 40.7 Å². The van der Waals surface area contributed by atoms with Crippen molar-refractivity contribution in [3.8, 4) is 17.2 Å². The zero-order chi connectivity index (χ0) is 22.8. The lowest BCUT2D eigenvalue weighted by atomic mass is 10.1. The molecule has 2 aliphatic heterocycles. The van der Waals surface area contributed by atoms with Gasteiger partial charge in [0.25, 0.3) is 0 Å². The van der Waals surface area contributed by atoms with Crippen molar-refractivity contribution in [1.82, 2.24) is 4.90 Å². The van der Waals surface area contributed by atoms with Crippen LogP contribution in [0.15, 0.2) is 36.4 Å². The average molecular weight is 460 g/mol. The second-order valence-electron chi connectivity index (χ2n) is 7.53. The summed E-state index contributed by atoms with van der Waals surface area (Å²) in [6.07, 6.45) is 0.0708. The first kappa shape index (κ1) is 21.8. The highest BCUT2D eigenvalue weighted by molar-refractivity contribution is 6.31. The topological polar surface area (TPSA) is 97.4 Å². The monoisotopic (exact) mass is 459 g/mol. The van der Waals surface area contributed by atoms with E-state index in [-0.39, 0.29) is 38.1 Å². The molecule has 4 rings (SSSR count). The van der Waals surface area contributed by atoms with Crippen LogP contribution in [0.2, 0.25) is 5.02 Å². The molecule has 9 nitrogen and oxygen atoms in total. The van der Waals surface area contributed by atoms with E-state index in [0.717, 1.165) is 0 Å². The van der Waals surface area contributed by atoms with E-state index in [1.54, 1.807) is 41.3 Å². The largest absolute Gasteiger partial charge is 0.495 e. The molecule has 1 N–H and O–H groups in total. The van der Waals surface area contributed by atoms with Crippen LogP contribution in [0, 0.1) is 5.92 Å². The maximum absolute atomic E-state index is 12.9. The number of methoxy groups -OCH3 is 1. The standard InChI is InChI=1S/C22H22ClN3O6/c1-25(11-20(27)24-16-8-14(23)3-5-17(16)30-2)22(29)13-7-21(28)26(10-13)15-4-6-18-19(9-15)32-12-31-18/h3-6,8-9,13H,7,10-12H2,1-2H3,(H,24,27). The summed E-state index contributed by atoms with van der Waals surface area (Å²) in [5.74, 6) is 0.242. The summed E-state index contributed by atoms with van der Waals surface area (Å²) in [5, 5.41) is 3.14. The minimum Gasteiger partial charge on any atom is -0.495 e. The maximum atomic E-state index is 12.9. The van der Waals surface area contributed by atoms with E-state index in [2.05, 4.69) is 5.32 Å². The van der Waals surface area contributed by atoms with Gasteiger partial charge in [0, 0.05) is 36.8 Å². The molecule has 1 unspecified atom stereocenters. The number of fused-ring (bicyclic) bond motifs is 1. The lowest BCUT2D eigenvalue weighted by Crippen LogP contribution is -2.39. The van der Waals surface area contributed by atoms with Crippen LogP contribution in [0.5, 0.6) is 17.2 Å². The second kappa shape index (κ2) is 8.96. The Morgan fingerprint density at radius 3 is 2.78 bits per heavy atom. The Morgan fingerprint density at radius 2 is 2.00 bits per heavy atom. The van der Waals surface area contributed by atoms with Crippen LogP contribution in [0.3, 0.4) is 0 Å². The van der Waals surface area contributed by atoms with E-state index in [1.807, 2.05) is 0 Å². The highest BCUT2D eigenvalue weighted by Gasteiger charge is 2.37. The maximum Gasteiger partial charge on any atom is 0.244 e. The summed E-state index contributed by atoms with van der Waals surface area (Å²) >= 11 is 5.99. The van der Waals surface area contributed by atoms with Gasteiger partial charge in [0.05, 0.1) is 25.3 Å². The summed E-state index contributed by atoms with van der Waals surface area (Å²) in [6.45, 7) is 0.191. The number of carbonyl (C=O) groups is 3. The van der Waals surface area contributed by atoms with Gasteiger partial charge in [0.2, 0.25) is 24.5 Å². The van der Waals surface area contributed by atoms with Crippen molar-refractivity contribution in [2.75, 3.05) is 44.3 Å². The number of benzene rings is 2. The van der Waals surface area contributed by atoms with E-state index in [4.69, 9.17) is 25.8 Å². The van der Waals surface area contributed by atoms with E-state index in [1.165, 1.54) is 19.1 Å². The Balaban J connectivity index is 1.37. The quantitative estimate of drug-likeness (QED) is 0.713. The third-order valence-electron chi connectivity index (χ3n) is 5.33. The van der Waals surface area contributed by atoms with E-state index in [0.29, 0.717) is 33.6 Å². The zero-order valence-electron chi connectivity index (χ0n) is 17.6. The summed E-state index contributed by atoms with van der Waals surface area (Å²) in [6, 6.07) is 10.1. The van der Waals surface area contributed by atoms with Gasteiger partial charge in [-0.25, -0.2) is 0 Å². The highest BCUT2D eigenvalue weighted by atomic mass is 35.5. The molecule has 1 fully saturated rings. The number of nitrogens with zero attached hydrogens (tertiary/aromatic N) is 2. The third-order valence-corrected chi connectivity index (χ3v) is 5.57. The van der Waals surface area contributed by atoms with Crippen LogP contribution >= 0.6 is 11.6 Å². The molecule has 0 aliphatic carbocycles. The zero-order valence-corrected chi connectivity index (χ0v) is 18.3. The van der Waals surface area contributed by atoms with E-state index < -0.39 is 11.8 Å². The number of anilines is 2. The fourth-order valence-corrected chi connectivity index (χ4v) is 3.92. The first-order chi connectivity index (χ1) is 15.4. The molecule has 2 heterocycles. The van der Waals surface area contributed by atoms with Gasteiger partial charge < -0.3 is 29.3 Å². The number of hydrogen-bond donors (Lipinski definition) is 1. The Morgan fingerprint density at radius 1 is 1.22 bits per heavy atom. The number of likely N-dealkylation sites (N-methyl/N-ethyl adjacent to an activating group) is 1. The smallest absolute Gasteiger partial charge is 0.244 e. The normalized spacial score (nSPS) is 16.8. The summed E-state index contributed by atoms with van der Waals surface area (Å²) < 4.78 is 15.9. The van der Waals surface area contributed by atoms with Gasteiger partial charge in [-0.2, -0.15) is 0 Å². The Hall–Kier alpha value is -3.46. The molecule has 0 spiro atoms. The minimum absolute atomic E-state index is 0.0708. The number of halogens is 1. The molecule has 1 saturated heterocycles. The first-order valence-electron chi connectivity index (χ1n) is 9.94. The fourth-order valence-electron chi connectivity index (χ4n) is 3.75. The van der Waals surface area contributed by atoms with Crippen LogP contribution in [-0.2, 0) is 14.4 Å². The van der Waals surface area contributed by atoms with Crippen LogP contribution in [-0.4, -0.2) is 56.7 Å². The summed E-state index contributed by atoms with van der Waals surface area (Å²) in [7, 11) is 3.02. The summed E-state index contributed by atoms with van der Waals surface area (Å²) in [4.78, 5) is 40.8. The highest BCUT2D eigenvalue weighted by Crippen LogP contribution is 2.37. The predicted molar refractivity (Wildman–Crippen MR) is 117 cm³/mol. The molecule has 1 atom stereocenters. The van der Waals surface area contributed by atoms with Gasteiger partial charge in [-0.05, 0) is 30.3 Å². The molecule has 0 radical (unpaired) electrons. The van der Waals surface area contributed by atoms with Gasteiger partial charge >= 0.3 is 0 Å². The van der Waals surface area contributed by atoms with Crippen molar-refractivity contribution in [1.29, 1.82) is 0 Å². The molecule has 0 saturated carbocycles. The van der Waals surface area contributed by atoms with Crippen molar-refractivity contribution < 1.29 is 28.6 Å². The van der Waals surface area contributed by atoms with Crippen LogP contribution in [0.1, 0.15) is 6.42 Å². The number of hydrogen-bond acceptors (Lipinski definition) is 6. The Kier molecular flexibility index (Phi) is 6.09.